The standard InChI is InChI=1S/C18H27N3O2/c1-4-23-17(22)16-6-5-11-21(13-16)18(19-3)20-12-15-9-7-14(2)8-10-15/h7-10,16H,4-6,11-13H2,1-3H3,(H,19,20). The molecule has 1 saturated heterocycles. The number of guanidine groups is 1. The molecule has 1 heterocycles. The summed E-state index contributed by atoms with van der Waals surface area (Å²) in [6.07, 6.45) is 1.87. The van der Waals surface area contributed by atoms with E-state index in [1.165, 1.54) is 11.1 Å². The Hall–Kier alpha value is -2.04. The van der Waals surface area contributed by atoms with Gasteiger partial charge < -0.3 is 15.0 Å². The number of hydrogen-bond donors (Lipinski definition) is 1. The number of aliphatic imine (C=N–C) groups is 1. The molecule has 0 spiro atoms. The first kappa shape index (κ1) is 17.3. The van der Waals surface area contributed by atoms with E-state index in [0.717, 1.165) is 31.9 Å². The predicted molar refractivity (Wildman–Crippen MR) is 92.3 cm³/mol. The van der Waals surface area contributed by atoms with E-state index in [1.807, 2.05) is 6.92 Å². The van der Waals surface area contributed by atoms with E-state index in [0.29, 0.717) is 13.2 Å². The summed E-state index contributed by atoms with van der Waals surface area (Å²) in [4.78, 5) is 18.5. The van der Waals surface area contributed by atoms with Crippen LogP contribution in [-0.4, -0.2) is 43.6 Å². The molecule has 23 heavy (non-hydrogen) atoms. The van der Waals surface area contributed by atoms with Gasteiger partial charge in [-0.05, 0) is 32.3 Å². The van der Waals surface area contributed by atoms with Gasteiger partial charge in [0.1, 0.15) is 0 Å². The number of piperidine rings is 1. The second-order valence-electron chi connectivity index (χ2n) is 5.92. The van der Waals surface area contributed by atoms with Crippen molar-refractivity contribution in [2.24, 2.45) is 10.9 Å². The summed E-state index contributed by atoms with van der Waals surface area (Å²) >= 11 is 0. The van der Waals surface area contributed by atoms with Crippen molar-refractivity contribution in [3.05, 3.63) is 35.4 Å². The Morgan fingerprint density at radius 1 is 1.39 bits per heavy atom. The Bertz CT molecular complexity index is 540. The van der Waals surface area contributed by atoms with Crippen LogP contribution in [0, 0.1) is 12.8 Å². The molecule has 0 aromatic heterocycles. The van der Waals surface area contributed by atoms with Gasteiger partial charge in [-0.15, -0.1) is 0 Å². The summed E-state index contributed by atoms with van der Waals surface area (Å²) in [5, 5.41) is 3.39. The van der Waals surface area contributed by atoms with Crippen LogP contribution in [0.5, 0.6) is 0 Å². The molecule has 0 aliphatic carbocycles. The average Bonchev–Trinajstić information content (AvgIpc) is 2.57. The van der Waals surface area contributed by atoms with Gasteiger partial charge in [-0.3, -0.25) is 9.79 Å². The monoisotopic (exact) mass is 317 g/mol. The molecule has 0 amide bonds. The van der Waals surface area contributed by atoms with Crippen LogP contribution in [0.1, 0.15) is 30.9 Å². The molecule has 5 heteroatoms. The third-order valence-corrected chi connectivity index (χ3v) is 4.12. The third-order valence-electron chi connectivity index (χ3n) is 4.12. The number of ether oxygens (including phenoxy) is 1. The van der Waals surface area contributed by atoms with E-state index in [1.54, 1.807) is 7.05 Å². The van der Waals surface area contributed by atoms with Gasteiger partial charge in [-0.2, -0.15) is 0 Å². The Kier molecular flexibility index (Phi) is 6.44. The fraction of sp³-hybridized carbons (Fsp3) is 0.556. The zero-order chi connectivity index (χ0) is 16.7. The van der Waals surface area contributed by atoms with Crippen LogP contribution in [0.2, 0.25) is 0 Å². The number of hydrogen-bond acceptors (Lipinski definition) is 3. The van der Waals surface area contributed by atoms with E-state index in [-0.39, 0.29) is 11.9 Å². The molecule has 0 radical (unpaired) electrons. The molecule has 126 valence electrons. The van der Waals surface area contributed by atoms with Crippen LogP contribution in [0.4, 0.5) is 0 Å². The zero-order valence-corrected chi connectivity index (χ0v) is 14.3. The number of aryl methyl sites for hydroxylation is 1. The molecule has 5 nitrogen and oxygen atoms in total. The highest BCUT2D eigenvalue weighted by molar-refractivity contribution is 5.81. The number of rotatable bonds is 4. The van der Waals surface area contributed by atoms with E-state index in [2.05, 4.69) is 46.4 Å². The maximum atomic E-state index is 12.0. The molecule has 2 rings (SSSR count). The second-order valence-corrected chi connectivity index (χ2v) is 5.92. The topological polar surface area (TPSA) is 53.9 Å². The highest BCUT2D eigenvalue weighted by Crippen LogP contribution is 2.18. The maximum absolute atomic E-state index is 12.0. The van der Waals surface area contributed by atoms with Crippen LogP contribution < -0.4 is 5.32 Å². The van der Waals surface area contributed by atoms with E-state index >= 15 is 0 Å². The second kappa shape index (κ2) is 8.56. The normalized spacial score (nSPS) is 18.7. The Balaban J connectivity index is 1.92. The molecule has 0 saturated carbocycles. The predicted octanol–water partition coefficient (Wildman–Crippen LogP) is 2.35. The molecule has 1 aliphatic rings. The van der Waals surface area contributed by atoms with Crippen molar-refractivity contribution in [1.82, 2.24) is 10.2 Å². The van der Waals surface area contributed by atoms with Crippen molar-refractivity contribution in [2.75, 3.05) is 26.7 Å². The van der Waals surface area contributed by atoms with Crippen molar-refractivity contribution in [3.63, 3.8) is 0 Å². The number of carbonyl (C=O) groups is 1. The van der Waals surface area contributed by atoms with Gasteiger partial charge in [0, 0.05) is 26.7 Å². The summed E-state index contributed by atoms with van der Waals surface area (Å²) in [6.45, 7) is 6.69. The van der Waals surface area contributed by atoms with Crippen molar-refractivity contribution in [2.45, 2.75) is 33.2 Å². The quantitative estimate of drug-likeness (QED) is 0.526. The molecule has 1 fully saturated rings. The van der Waals surface area contributed by atoms with Gasteiger partial charge in [0.25, 0.3) is 0 Å². The lowest BCUT2D eigenvalue weighted by Crippen LogP contribution is -2.48. The van der Waals surface area contributed by atoms with Gasteiger partial charge in [0.15, 0.2) is 5.96 Å². The number of benzene rings is 1. The highest BCUT2D eigenvalue weighted by Gasteiger charge is 2.28. The molecule has 0 bridgehead atoms. The molecule has 1 unspecified atom stereocenters. The highest BCUT2D eigenvalue weighted by atomic mass is 16.5. The van der Waals surface area contributed by atoms with E-state index < -0.39 is 0 Å². The first-order valence-electron chi connectivity index (χ1n) is 8.31. The largest absolute Gasteiger partial charge is 0.466 e. The third kappa shape index (κ3) is 4.98. The summed E-state index contributed by atoms with van der Waals surface area (Å²) in [5.41, 5.74) is 2.47. The minimum atomic E-state index is -0.0915. The van der Waals surface area contributed by atoms with Crippen molar-refractivity contribution < 1.29 is 9.53 Å². The van der Waals surface area contributed by atoms with Crippen molar-refractivity contribution in [3.8, 4) is 0 Å². The van der Waals surface area contributed by atoms with E-state index in [9.17, 15) is 4.79 Å². The molecule has 1 aliphatic heterocycles. The summed E-state index contributed by atoms with van der Waals surface area (Å²) in [7, 11) is 1.78. The lowest BCUT2D eigenvalue weighted by atomic mass is 9.98. The zero-order valence-electron chi connectivity index (χ0n) is 14.3. The summed E-state index contributed by atoms with van der Waals surface area (Å²) in [6, 6.07) is 8.45. The van der Waals surface area contributed by atoms with Crippen molar-refractivity contribution >= 4 is 11.9 Å². The average molecular weight is 317 g/mol. The maximum Gasteiger partial charge on any atom is 0.310 e. The van der Waals surface area contributed by atoms with Gasteiger partial charge in [-0.25, -0.2) is 0 Å². The van der Waals surface area contributed by atoms with Crippen LogP contribution in [0.25, 0.3) is 0 Å². The lowest BCUT2D eigenvalue weighted by molar-refractivity contribution is -0.149. The number of nitrogens with zero attached hydrogens (tertiary/aromatic N) is 2. The summed E-state index contributed by atoms with van der Waals surface area (Å²) in [5.74, 6) is 0.701. The lowest BCUT2D eigenvalue weighted by Gasteiger charge is -2.34. The molecule has 1 aromatic carbocycles. The van der Waals surface area contributed by atoms with Gasteiger partial charge in [0.2, 0.25) is 0 Å². The minimum absolute atomic E-state index is 0.0541. The van der Waals surface area contributed by atoms with Gasteiger partial charge in [-0.1, -0.05) is 29.8 Å². The smallest absolute Gasteiger partial charge is 0.310 e. The fourth-order valence-corrected chi connectivity index (χ4v) is 2.84. The molecular weight excluding hydrogens is 290 g/mol. The SMILES string of the molecule is CCOC(=O)C1CCCN(C(=NC)NCc2ccc(C)cc2)C1. The molecule has 1 N–H and O–H groups in total. The van der Waals surface area contributed by atoms with Crippen molar-refractivity contribution in [1.29, 1.82) is 0 Å². The Labute approximate surface area is 138 Å². The molecule has 1 aromatic rings. The number of esters is 1. The molecule has 1 atom stereocenters. The number of nitrogens with one attached hydrogen (secondary N) is 1. The van der Waals surface area contributed by atoms with Crippen LogP contribution in [0.3, 0.4) is 0 Å². The van der Waals surface area contributed by atoms with Crippen LogP contribution in [-0.2, 0) is 16.1 Å². The number of likely N-dealkylation sites (tertiary alicyclic amines) is 1. The molecular formula is C18H27N3O2. The first-order valence-corrected chi connectivity index (χ1v) is 8.31. The van der Waals surface area contributed by atoms with E-state index in [4.69, 9.17) is 4.74 Å². The van der Waals surface area contributed by atoms with Crippen LogP contribution in [0.15, 0.2) is 29.3 Å². The van der Waals surface area contributed by atoms with Crippen LogP contribution >= 0.6 is 0 Å². The summed E-state index contributed by atoms with van der Waals surface area (Å²) < 4.78 is 5.16. The Morgan fingerprint density at radius 3 is 2.78 bits per heavy atom. The Morgan fingerprint density at radius 2 is 2.13 bits per heavy atom. The first-order chi connectivity index (χ1) is 11.1. The van der Waals surface area contributed by atoms with Gasteiger partial charge >= 0.3 is 5.97 Å². The van der Waals surface area contributed by atoms with Gasteiger partial charge in [0.05, 0.1) is 12.5 Å². The fourth-order valence-electron chi connectivity index (χ4n) is 2.84. The number of carbonyl (C=O) groups excluding carboxylic acids is 1. The minimum Gasteiger partial charge on any atom is -0.466 e.